The standard InChI is InChI=1S/C32H27N3O2/c1-32(2,3)21-19-29(35-26-15-7-4-11-22(26)23-12-5-8-16-27(23)35)34-31(20-21)37-30-18-10-14-25(33-30)24-13-6-9-17-28(24)36/h4-20,36H,1-3H3. The lowest BCUT2D eigenvalue weighted by atomic mass is 9.87. The lowest BCUT2D eigenvalue weighted by Crippen LogP contribution is -2.13. The highest BCUT2D eigenvalue weighted by atomic mass is 16.5. The Bertz CT molecular complexity index is 1710. The highest BCUT2D eigenvalue weighted by Gasteiger charge is 2.20. The molecule has 0 unspecified atom stereocenters. The molecule has 6 rings (SSSR count). The van der Waals surface area contributed by atoms with E-state index in [1.54, 1.807) is 18.2 Å². The molecule has 0 aliphatic heterocycles. The summed E-state index contributed by atoms with van der Waals surface area (Å²) >= 11 is 0. The Hall–Kier alpha value is -4.64. The van der Waals surface area contributed by atoms with Crippen molar-refractivity contribution in [3.05, 3.63) is 109 Å². The number of aromatic nitrogens is 3. The number of rotatable bonds is 4. The molecule has 3 aromatic carbocycles. The van der Waals surface area contributed by atoms with Crippen molar-refractivity contribution in [2.75, 3.05) is 0 Å². The van der Waals surface area contributed by atoms with E-state index in [0.717, 1.165) is 22.4 Å². The minimum atomic E-state index is -0.125. The van der Waals surface area contributed by atoms with Crippen LogP contribution in [0.5, 0.6) is 17.5 Å². The molecule has 0 spiro atoms. The van der Waals surface area contributed by atoms with Gasteiger partial charge in [0.2, 0.25) is 11.8 Å². The first kappa shape index (κ1) is 22.8. The topological polar surface area (TPSA) is 60.2 Å². The summed E-state index contributed by atoms with van der Waals surface area (Å²) in [7, 11) is 0. The molecular weight excluding hydrogens is 458 g/mol. The van der Waals surface area contributed by atoms with Gasteiger partial charge in [-0.3, -0.25) is 4.57 Å². The van der Waals surface area contributed by atoms with Crippen molar-refractivity contribution >= 4 is 21.8 Å². The molecule has 6 aromatic rings. The second kappa shape index (κ2) is 8.79. The van der Waals surface area contributed by atoms with Gasteiger partial charge in [0.1, 0.15) is 11.6 Å². The number of nitrogens with zero attached hydrogens (tertiary/aromatic N) is 3. The van der Waals surface area contributed by atoms with Crippen molar-refractivity contribution in [2.45, 2.75) is 26.2 Å². The highest BCUT2D eigenvalue weighted by Crippen LogP contribution is 2.35. The third-order valence-corrected chi connectivity index (χ3v) is 6.58. The SMILES string of the molecule is CC(C)(C)c1cc(Oc2cccc(-c3ccccc3O)n2)nc(-n2c3ccccc3c3ccccc32)c1. The van der Waals surface area contributed by atoms with Crippen LogP contribution in [0.4, 0.5) is 0 Å². The average Bonchev–Trinajstić information content (AvgIpc) is 3.23. The van der Waals surface area contributed by atoms with Crippen LogP contribution in [0.1, 0.15) is 26.3 Å². The Morgan fingerprint density at radius 3 is 2.00 bits per heavy atom. The van der Waals surface area contributed by atoms with Crippen molar-refractivity contribution in [1.82, 2.24) is 14.5 Å². The van der Waals surface area contributed by atoms with Crippen LogP contribution in [-0.4, -0.2) is 19.6 Å². The first-order chi connectivity index (χ1) is 17.9. The van der Waals surface area contributed by atoms with Gasteiger partial charge in [0.15, 0.2) is 0 Å². The van der Waals surface area contributed by atoms with Crippen LogP contribution in [-0.2, 0) is 5.41 Å². The Labute approximate surface area is 215 Å². The molecule has 5 heteroatoms. The van der Waals surface area contributed by atoms with Gasteiger partial charge in [0.25, 0.3) is 0 Å². The van der Waals surface area contributed by atoms with Crippen molar-refractivity contribution in [2.24, 2.45) is 0 Å². The fourth-order valence-corrected chi connectivity index (χ4v) is 4.68. The number of hydrogen-bond acceptors (Lipinski definition) is 4. The fourth-order valence-electron chi connectivity index (χ4n) is 4.68. The minimum absolute atomic E-state index is 0.125. The summed E-state index contributed by atoms with van der Waals surface area (Å²) in [6, 6.07) is 33.6. The number of benzene rings is 3. The predicted molar refractivity (Wildman–Crippen MR) is 149 cm³/mol. The number of ether oxygens (including phenoxy) is 1. The van der Waals surface area contributed by atoms with E-state index >= 15 is 0 Å². The molecule has 0 saturated heterocycles. The third kappa shape index (κ3) is 4.19. The van der Waals surface area contributed by atoms with Gasteiger partial charge in [-0.05, 0) is 47.4 Å². The summed E-state index contributed by atoms with van der Waals surface area (Å²) in [4.78, 5) is 9.61. The highest BCUT2D eigenvalue weighted by molar-refractivity contribution is 6.09. The molecular formula is C32H27N3O2. The average molecular weight is 486 g/mol. The number of pyridine rings is 2. The molecule has 0 atom stereocenters. The number of phenols is 1. The first-order valence-electron chi connectivity index (χ1n) is 12.3. The lowest BCUT2D eigenvalue weighted by molar-refractivity contribution is 0.441. The van der Waals surface area contributed by atoms with E-state index in [1.807, 2.05) is 30.3 Å². The zero-order valence-corrected chi connectivity index (χ0v) is 21.0. The molecule has 37 heavy (non-hydrogen) atoms. The second-order valence-electron chi connectivity index (χ2n) is 10.2. The van der Waals surface area contributed by atoms with Crippen LogP contribution < -0.4 is 4.74 Å². The molecule has 1 N–H and O–H groups in total. The van der Waals surface area contributed by atoms with E-state index < -0.39 is 0 Å². The minimum Gasteiger partial charge on any atom is -0.507 e. The Balaban J connectivity index is 1.50. The molecule has 5 nitrogen and oxygen atoms in total. The molecule has 0 amide bonds. The number of aromatic hydroxyl groups is 1. The predicted octanol–water partition coefficient (Wildman–Crippen LogP) is 8.04. The molecule has 0 radical (unpaired) electrons. The van der Waals surface area contributed by atoms with Crippen molar-refractivity contribution in [1.29, 1.82) is 0 Å². The quantitative estimate of drug-likeness (QED) is 0.274. The van der Waals surface area contributed by atoms with Gasteiger partial charge in [0.05, 0.1) is 16.7 Å². The fraction of sp³-hybridized carbons (Fsp3) is 0.125. The molecule has 3 heterocycles. The second-order valence-corrected chi connectivity index (χ2v) is 10.2. The first-order valence-corrected chi connectivity index (χ1v) is 12.3. The maximum atomic E-state index is 10.3. The number of fused-ring (bicyclic) bond motifs is 3. The van der Waals surface area contributed by atoms with E-state index in [0.29, 0.717) is 23.0 Å². The van der Waals surface area contributed by atoms with Gasteiger partial charge in [-0.2, -0.15) is 4.98 Å². The van der Waals surface area contributed by atoms with Gasteiger partial charge >= 0.3 is 0 Å². The van der Waals surface area contributed by atoms with Crippen LogP contribution in [0.3, 0.4) is 0 Å². The molecule has 0 aliphatic carbocycles. The van der Waals surface area contributed by atoms with E-state index in [-0.39, 0.29) is 11.2 Å². The molecule has 0 bridgehead atoms. The van der Waals surface area contributed by atoms with E-state index in [4.69, 9.17) is 9.72 Å². The Kier molecular flexibility index (Phi) is 5.41. The zero-order chi connectivity index (χ0) is 25.6. The molecule has 0 fully saturated rings. The van der Waals surface area contributed by atoms with Crippen LogP contribution in [0.25, 0.3) is 38.9 Å². The molecule has 182 valence electrons. The van der Waals surface area contributed by atoms with Gasteiger partial charge in [-0.1, -0.05) is 75.4 Å². The zero-order valence-electron chi connectivity index (χ0n) is 21.0. The Morgan fingerprint density at radius 2 is 1.32 bits per heavy atom. The van der Waals surface area contributed by atoms with E-state index in [1.165, 1.54) is 10.8 Å². The number of hydrogen-bond donors (Lipinski definition) is 1. The van der Waals surface area contributed by atoms with Gasteiger partial charge in [-0.15, -0.1) is 0 Å². The van der Waals surface area contributed by atoms with Crippen LogP contribution in [0.15, 0.2) is 103 Å². The van der Waals surface area contributed by atoms with Crippen molar-refractivity contribution < 1.29 is 9.84 Å². The van der Waals surface area contributed by atoms with Crippen LogP contribution in [0.2, 0.25) is 0 Å². The maximum absolute atomic E-state index is 10.3. The van der Waals surface area contributed by atoms with Gasteiger partial charge in [0, 0.05) is 28.5 Å². The lowest BCUT2D eigenvalue weighted by Gasteiger charge is -2.21. The van der Waals surface area contributed by atoms with Crippen molar-refractivity contribution in [3.63, 3.8) is 0 Å². The molecule has 3 aromatic heterocycles. The van der Waals surface area contributed by atoms with Gasteiger partial charge < -0.3 is 9.84 Å². The maximum Gasteiger partial charge on any atom is 0.223 e. The normalized spacial score (nSPS) is 11.8. The molecule has 0 aliphatic rings. The monoisotopic (exact) mass is 485 g/mol. The third-order valence-electron chi connectivity index (χ3n) is 6.58. The van der Waals surface area contributed by atoms with E-state index in [2.05, 4.69) is 84.9 Å². The summed E-state index contributed by atoms with van der Waals surface area (Å²) < 4.78 is 8.45. The smallest absolute Gasteiger partial charge is 0.223 e. The summed E-state index contributed by atoms with van der Waals surface area (Å²) in [5.74, 6) is 1.84. The number of phenolic OH excluding ortho intramolecular Hbond substituents is 1. The number of para-hydroxylation sites is 3. The van der Waals surface area contributed by atoms with Crippen molar-refractivity contribution in [3.8, 4) is 34.6 Å². The van der Waals surface area contributed by atoms with Crippen LogP contribution in [0, 0.1) is 0 Å². The summed E-state index contributed by atoms with van der Waals surface area (Å²) in [5, 5.41) is 12.7. The largest absolute Gasteiger partial charge is 0.507 e. The summed E-state index contributed by atoms with van der Waals surface area (Å²) in [6.07, 6.45) is 0. The summed E-state index contributed by atoms with van der Waals surface area (Å²) in [6.45, 7) is 6.54. The summed E-state index contributed by atoms with van der Waals surface area (Å²) in [5.41, 5.74) is 4.44. The van der Waals surface area contributed by atoms with Gasteiger partial charge in [-0.25, -0.2) is 4.98 Å². The van der Waals surface area contributed by atoms with E-state index in [9.17, 15) is 5.11 Å². The molecule has 0 saturated carbocycles. The Morgan fingerprint density at radius 1 is 0.676 bits per heavy atom. The van der Waals surface area contributed by atoms with Crippen LogP contribution >= 0.6 is 0 Å².